The molecule has 1 aromatic heterocycles. The van der Waals surface area contributed by atoms with Crippen LogP contribution in [0.15, 0.2) is 6.07 Å². The second-order valence-corrected chi connectivity index (χ2v) is 3.13. The molecule has 1 rings (SSSR count). The van der Waals surface area contributed by atoms with Crippen LogP contribution in [0.3, 0.4) is 0 Å². The van der Waals surface area contributed by atoms with Crippen molar-refractivity contribution in [2.45, 2.75) is 20.3 Å². The van der Waals surface area contributed by atoms with E-state index in [-0.39, 0.29) is 5.84 Å². The number of hydrogen-bond donors (Lipinski definition) is 4. The average molecular weight is 209 g/mol. The molecule has 4 N–H and O–H groups in total. The van der Waals surface area contributed by atoms with Gasteiger partial charge in [-0.05, 0) is 19.4 Å². The van der Waals surface area contributed by atoms with E-state index < -0.39 is 0 Å². The van der Waals surface area contributed by atoms with Crippen LogP contribution in [-0.2, 0) is 0 Å². The zero-order chi connectivity index (χ0) is 11.3. The molecule has 0 aliphatic heterocycles. The Morgan fingerprint density at radius 2 is 2.27 bits per heavy atom. The molecule has 0 bridgehead atoms. The quantitative estimate of drug-likeness (QED) is 0.336. The normalized spacial score (nSPS) is 9.80. The van der Waals surface area contributed by atoms with Crippen molar-refractivity contribution in [1.29, 1.82) is 5.41 Å². The second kappa shape index (κ2) is 5.26. The van der Waals surface area contributed by atoms with Gasteiger partial charge >= 0.3 is 0 Å². The van der Waals surface area contributed by atoms with Crippen molar-refractivity contribution in [3.8, 4) is 0 Å². The number of nitrogens with zero attached hydrogens (tertiary/aromatic N) is 2. The molecule has 0 spiro atoms. The van der Waals surface area contributed by atoms with Crippen LogP contribution in [0, 0.1) is 12.3 Å². The molecular weight excluding hydrogens is 194 g/mol. The van der Waals surface area contributed by atoms with Crippen molar-refractivity contribution < 1.29 is 5.21 Å². The van der Waals surface area contributed by atoms with Gasteiger partial charge in [-0.15, -0.1) is 0 Å². The monoisotopic (exact) mass is 209 g/mol. The first kappa shape index (κ1) is 11.4. The van der Waals surface area contributed by atoms with Gasteiger partial charge in [-0.1, -0.05) is 6.92 Å². The van der Waals surface area contributed by atoms with Gasteiger partial charge in [-0.25, -0.2) is 9.97 Å². The van der Waals surface area contributed by atoms with Gasteiger partial charge in [-0.3, -0.25) is 16.1 Å². The fraction of sp³-hybridized carbons (Fsp3) is 0.444. The van der Waals surface area contributed by atoms with Crippen LogP contribution < -0.4 is 10.8 Å². The zero-order valence-corrected chi connectivity index (χ0v) is 8.83. The fourth-order valence-electron chi connectivity index (χ4n) is 1.07. The lowest BCUT2D eigenvalue weighted by atomic mass is 10.3. The highest BCUT2D eigenvalue weighted by Crippen LogP contribution is 2.04. The maximum atomic E-state index is 8.59. The predicted octanol–water partition coefficient (Wildman–Crippen LogP) is 0.911. The number of amidine groups is 1. The van der Waals surface area contributed by atoms with E-state index in [9.17, 15) is 0 Å². The molecule has 0 aromatic carbocycles. The van der Waals surface area contributed by atoms with Crippen LogP contribution in [0.1, 0.15) is 24.7 Å². The van der Waals surface area contributed by atoms with Crippen LogP contribution in [-0.4, -0.2) is 27.6 Å². The van der Waals surface area contributed by atoms with Crippen LogP contribution >= 0.6 is 0 Å². The topological polar surface area (TPSA) is 93.9 Å². The summed E-state index contributed by atoms with van der Waals surface area (Å²) < 4.78 is 0. The van der Waals surface area contributed by atoms with Crippen molar-refractivity contribution in [1.82, 2.24) is 15.4 Å². The van der Waals surface area contributed by atoms with E-state index in [1.54, 1.807) is 11.5 Å². The Balaban J connectivity index is 2.89. The third-order valence-corrected chi connectivity index (χ3v) is 1.76. The third-order valence-electron chi connectivity index (χ3n) is 1.76. The summed E-state index contributed by atoms with van der Waals surface area (Å²) in [5.74, 6) is 0.340. The van der Waals surface area contributed by atoms with Crippen molar-refractivity contribution in [2.75, 3.05) is 11.9 Å². The van der Waals surface area contributed by atoms with Crippen LogP contribution in [0.4, 0.5) is 5.95 Å². The number of hydroxylamine groups is 1. The van der Waals surface area contributed by atoms with E-state index >= 15 is 0 Å². The molecule has 15 heavy (non-hydrogen) atoms. The lowest BCUT2D eigenvalue weighted by Gasteiger charge is -2.07. The number of rotatable bonds is 4. The second-order valence-electron chi connectivity index (χ2n) is 3.13. The lowest BCUT2D eigenvalue weighted by Crippen LogP contribution is -2.21. The maximum absolute atomic E-state index is 8.59. The van der Waals surface area contributed by atoms with Crippen molar-refractivity contribution in [2.24, 2.45) is 0 Å². The number of nitrogens with one attached hydrogen (secondary N) is 3. The van der Waals surface area contributed by atoms with E-state index in [0.29, 0.717) is 11.6 Å². The minimum atomic E-state index is -0.139. The number of anilines is 1. The van der Waals surface area contributed by atoms with E-state index in [2.05, 4.69) is 15.3 Å². The maximum Gasteiger partial charge on any atom is 0.223 e. The fourth-order valence-corrected chi connectivity index (χ4v) is 1.07. The van der Waals surface area contributed by atoms with Gasteiger partial charge in [0.2, 0.25) is 5.95 Å². The molecule has 6 nitrogen and oxygen atoms in total. The van der Waals surface area contributed by atoms with Crippen molar-refractivity contribution in [3.05, 3.63) is 17.5 Å². The molecule has 0 saturated heterocycles. The summed E-state index contributed by atoms with van der Waals surface area (Å²) in [7, 11) is 0. The molecular formula is C9H15N5O. The Kier molecular flexibility index (Phi) is 3.99. The smallest absolute Gasteiger partial charge is 0.223 e. The Labute approximate surface area is 88.2 Å². The summed E-state index contributed by atoms with van der Waals surface area (Å²) in [6.45, 7) is 4.64. The summed E-state index contributed by atoms with van der Waals surface area (Å²) in [4.78, 5) is 8.23. The molecule has 0 aliphatic carbocycles. The first-order chi connectivity index (χ1) is 7.17. The van der Waals surface area contributed by atoms with E-state index in [1.807, 2.05) is 13.8 Å². The van der Waals surface area contributed by atoms with Gasteiger partial charge in [0.15, 0.2) is 5.84 Å². The third kappa shape index (κ3) is 3.17. The van der Waals surface area contributed by atoms with E-state index in [1.165, 1.54) is 0 Å². The Bertz CT molecular complexity index is 352. The summed E-state index contributed by atoms with van der Waals surface area (Å²) >= 11 is 0. The lowest BCUT2D eigenvalue weighted by molar-refractivity contribution is 0.234. The summed E-state index contributed by atoms with van der Waals surface area (Å²) in [5, 5.41) is 19.0. The Hall–Kier alpha value is -1.69. The first-order valence-electron chi connectivity index (χ1n) is 4.76. The molecule has 0 fully saturated rings. The van der Waals surface area contributed by atoms with Gasteiger partial charge < -0.3 is 5.32 Å². The molecule has 0 atom stereocenters. The first-order valence-corrected chi connectivity index (χ1v) is 4.76. The molecule has 1 aromatic rings. The number of aryl methyl sites for hydroxylation is 1. The molecule has 0 radical (unpaired) electrons. The van der Waals surface area contributed by atoms with Crippen LogP contribution in [0.2, 0.25) is 0 Å². The highest BCUT2D eigenvalue weighted by Gasteiger charge is 2.05. The van der Waals surface area contributed by atoms with Crippen molar-refractivity contribution in [3.63, 3.8) is 0 Å². The molecule has 82 valence electrons. The van der Waals surface area contributed by atoms with Gasteiger partial charge in [0, 0.05) is 12.2 Å². The minimum Gasteiger partial charge on any atom is -0.354 e. The van der Waals surface area contributed by atoms with Crippen LogP contribution in [0.25, 0.3) is 0 Å². The molecule has 0 amide bonds. The summed E-state index contributed by atoms with van der Waals surface area (Å²) in [6, 6.07) is 1.63. The SMILES string of the molecule is CCCNc1nc(C)cc(C(=N)NO)n1. The highest BCUT2D eigenvalue weighted by atomic mass is 16.5. The standard InChI is InChI=1S/C9H15N5O/c1-3-4-11-9-12-6(2)5-7(13-9)8(10)14-15/h5,15H,3-4H2,1-2H3,(H2,10,14)(H,11,12,13). The molecule has 0 unspecified atom stereocenters. The molecule has 0 saturated carbocycles. The largest absolute Gasteiger partial charge is 0.354 e. The predicted molar refractivity (Wildman–Crippen MR) is 57.3 cm³/mol. The zero-order valence-electron chi connectivity index (χ0n) is 8.83. The average Bonchev–Trinajstić information content (AvgIpc) is 2.24. The van der Waals surface area contributed by atoms with Gasteiger partial charge in [0.05, 0.1) is 0 Å². The molecule has 6 heteroatoms. The number of aromatic nitrogens is 2. The van der Waals surface area contributed by atoms with Crippen LogP contribution in [0.5, 0.6) is 0 Å². The van der Waals surface area contributed by atoms with E-state index in [0.717, 1.165) is 18.7 Å². The van der Waals surface area contributed by atoms with Gasteiger partial charge in [-0.2, -0.15) is 0 Å². The summed E-state index contributed by atoms with van der Waals surface area (Å²) in [6.07, 6.45) is 0.975. The van der Waals surface area contributed by atoms with E-state index in [4.69, 9.17) is 10.6 Å². The highest BCUT2D eigenvalue weighted by molar-refractivity contribution is 5.93. The van der Waals surface area contributed by atoms with Crippen molar-refractivity contribution >= 4 is 11.8 Å². The molecule has 1 heterocycles. The molecule has 0 aliphatic rings. The number of hydrogen-bond acceptors (Lipinski definition) is 5. The van der Waals surface area contributed by atoms with Gasteiger partial charge in [0.25, 0.3) is 0 Å². The summed E-state index contributed by atoms with van der Waals surface area (Å²) in [5.41, 5.74) is 2.87. The minimum absolute atomic E-state index is 0.139. The van der Waals surface area contributed by atoms with Gasteiger partial charge in [0.1, 0.15) is 5.69 Å². The Morgan fingerprint density at radius 3 is 2.87 bits per heavy atom. The Morgan fingerprint density at radius 1 is 1.53 bits per heavy atom.